The molecule has 0 aliphatic heterocycles. The normalized spacial score (nSPS) is 10.6. The van der Waals surface area contributed by atoms with E-state index in [4.69, 9.17) is 0 Å². The highest BCUT2D eigenvalue weighted by atomic mass is 32.2. The average molecular weight is 251 g/mol. The van der Waals surface area contributed by atoms with Gasteiger partial charge in [0, 0.05) is 17.9 Å². The van der Waals surface area contributed by atoms with E-state index in [0.717, 1.165) is 17.9 Å². The van der Waals surface area contributed by atoms with Crippen molar-refractivity contribution in [1.82, 2.24) is 10.5 Å². The Morgan fingerprint density at radius 2 is 2.18 bits per heavy atom. The van der Waals surface area contributed by atoms with Crippen LogP contribution < -0.4 is 10.2 Å². The molecule has 0 atom stereocenters. The number of hydrogen-bond donors (Lipinski definition) is 1. The van der Waals surface area contributed by atoms with E-state index in [9.17, 15) is 5.21 Å². The van der Waals surface area contributed by atoms with Gasteiger partial charge in [-0.25, -0.2) is 0 Å². The van der Waals surface area contributed by atoms with Gasteiger partial charge in [-0.15, -0.1) is 0 Å². The van der Waals surface area contributed by atoms with Crippen molar-refractivity contribution < 1.29 is 9.53 Å². The van der Waals surface area contributed by atoms with Crippen LogP contribution in [0.3, 0.4) is 0 Å². The number of hydrogen-bond acceptors (Lipinski definition) is 5. The van der Waals surface area contributed by atoms with Crippen molar-refractivity contribution in [3.05, 3.63) is 35.5 Å². The monoisotopic (exact) mass is 251 g/mol. The molecule has 1 aromatic heterocycles. The summed E-state index contributed by atoms with van der Waals surface area (Å²) in [6, 6.07) is 9.39. The van der Waals surface area contributed by atoms with E-state index in [1.807, 2.05) is 37.4 Å². The van der Waals surface area contributed by atoms with Crippen molar-refractivity contribution in [2.75, 3.05) is 19.3 Å². The van der Waals surface area contributed by atoms with Gasteiger partial charge in [0.05, 0.1) is 5.16 Å². The van der Waals surface area contributed by atoms with Crippen molar-refractivity contribution in [3.63, 3.8) is 0 Å². The highest BCUT2D eigenvalue weighted by Crippen LogP contribution is 2.26. The summed E-state index contributed by atoms with van der Waals surface area (Å²) in [6.07, 6.45) is 0. The Labute approximate surface area is 103 Å². The van der Waals surface area contributed by atoms with Gasteiger partial charge in [0.1, 0.15) is 0 Å². The van der Waals surface area contributed by atoms with E-state index in [2.05, 4.69) is 15.1 Å². The van der Waals surface area contributed by atoms with Crippen LogP contribution in [0.25, 0.3) is 11.3 Å². The Morgan fingerprint density at radius 1 is 1.41 bits per heavy atom. The fourth-order valence-electron chi connectivity index (χ4n) is 1.41. The van der Waals surface area contributed by atoms with Gasteiger partial charge in [0.25, 0.3) is 5.03 Å². The van der Waals surface area contributed by atoms with Crippen LogP contribution in [0.15, 0.2) is 40.0 Å². The molecule has 6 heteroatoms. The first-order chi connectivity index (χ1) is 8.33. The van der Waals surface area contributed by atoms with Gasteiger partial charge in [-0.1, -0.05) is 42.1 Å². The van der Waals surface area contributed by atoms with E-state index in [1.165, 1.54) is 11.8 Å². The van der Waals surface area contributed by atoms with Crippen LogP contribution in [0.2, 0.25) is 0 Å². The van der Waals surface area contributed by atoms with Crippen LogP contribution in [0.1, 0.15) is 0 Å². The van der Waals surface area contributed by atoms with Crippen molar-refractivity contribution in [2.24, 2.45) is 0 Å². The molecule has 0 saturated carbocycles. The summed E-state index contributed by atoms with van der Waals surface area (Å²) in [7, 11) is 1.88. The zero-order valence-corrected chi connectivity index (χ0v) is 10.2. The second-order valence-electron chi connectivity index (χ2n) is 3.40. The number of aromatic nitrogens is 2. The lowest BCUT2D eigenvalue weighted by Crippen LogP contribution is -2.25. The van der Waals surface area contributed by atoms with E-state index < -0.39 is 0 Å². The molecule has 0 unspecified atom stereocenters. The molecule has 1 aromatic carbocycles. The van der Waals surface area contributed by atoms with Crippen molar-refractivity contribution in [1.29, 1.82) is 0 Å². The van der Waals surface area contributed by atoms with Crippen LogP contribution in [-0.4, -0.2) is 24.5 Å². The molecular weight excluding hydrogens is 238 g/mol. The van der Waals surface area contributed by atoms with E-state index in [-0.39, 0.29) is 0 Å². The molecule has 0 radical (unpaired) electrons. The predicted molar refractivity (Wildman–Crippen MR) is 65.5 cm³/mol. The number of nitrogens with zero attached hydrogens (tertiary/aromatic N) is 2. The number of thioether (sulfide) groups is 1. The van der Waals surface area contributed by atoms with Crippen LogP contribution in [0.5, 0.6) is 0 Å². The summed E-state index contributed by atoms with van der Waals surface area (Å²) in [6.45, 7) is 0.852. The van der Waals surface area contributed by atoms with Crippen LogP contribution in [0, 0.1) is 5.21 Å². The molecular formula is C11H13N3O2S. The number of benzene rings is 1. The lowest BCUT2D eigenvalue weighted by molar-refractivity contribution is -0.793. The third-order valence-corrected chi connectivity index (χ3v) is 3.17. The van der Waals surface area contributed by atoms with Crippen LogP contribution in [0.4, 0.5) is 0 Å². The molecule has 0 bridgehead atoms. The number of nitrogens with one attached hydrogen (secondary N) is 1. The minimum absolute atomic E-state index is 0.455. The molecule has 2 aromatic rings. The minimum Gasteiger partial charge on any atom is -0.359 e. The second-order valence-corrected chi connectivity index (χ2v) is 4.49. The maximum atomic E-state index is 11.5. The summed E-state index contributed by atoms with van der Waals surface area (Å²) in [5, 5.41) is 19.0. The molecule has 0 fully saturated rings. The largest absolute Gasteiger partial charge is 0.359 e. The molecule has 1 heterocycles. The topological polar surface area (TPSA) is 65.0 Å². The summed E-state index contributed by atoms with van der Waals surface area (Å²) < 4.78 is 4.65. The lowest BCUT2D eigenvalue weighted by Gasteiger charge is -1.98. The highest BCUT2D eigenvalue weighted by Gasteiger charge is 2.20. The number of rotatable bonds is 5. The predicted octanol–water partition coefficient (Wildman–Crippen LogP) is 1.29. The maximum absolute atomic E-state index is 11.5. The van der Waals surface area contributed by atoms with E-state index >= 15 is 0 Å². The fraction of sp³-hybridized carbons (Fsp3) is 0.273. The third kappa shape index (κ3) is 2.78. The lowest BCUT2D eigenvalue weighted by atomic mass is 10.2. The zero-order valence-electron chi connectivity index (χ0n) is 9.42. The molecule has 17 heavy (non-hydrogen) atoms. The Hall–Kier alpha value is -1.53. The Balaban J connectivity index is 2.24. The molecule has 0 saturated heterocycles. The van der Waals surface area contributed by atoms with Gasteiger partial charge in [0.15, 0.2) is 0 Å². The molecule has 0 aliphatic rings. The van der Waals surface area contributed by atoms with Crippen molar-refractivity contribution in [3.8, 4) is 11.3 Å². The second kappa shape index (κ2) is 5.70. The molecule has 0 aliphatic carbocycles. The average Bonchev–Trinajstić information content (AvgIpc) is 2.72. The first kappa shape index (κ1) is 11.9. The first-order valence-electron chi connectivity index (χ1n) is 5.25. The van der Waals surface area contributed by atoms with Crippen LogP contribution >= 0.6 is 11.8 Å². The molecule has 90 valence electrons. The van der Waals surface area contributed by atoms with Gasteiger partial charge in [0.2, 0.25) is 5.69 Å². The summed E-state index contributed by atoms with van der Waals surface area (Å²) in [4.78, 5) is 0.455. The highest BCUT2D eigenvalue weighted by molar-refractivity contribution is 7.99. The molecule has 1 N–H and O–H groups in total. The van der Waals surface area contributed by atoms with Gasteiger partial charge >= 0.3 is 0 Å². The Bertz CT molecular complexity index is 473. The van der Waals surface area contributed by atoms with Gasteiger partial charge in [-0.2, -0.15) is 0 Å². The standard InChI is InChI=1S/C11H13N3O2S/c1-12-7-8-17-11-10(14(15)16-13-11)9-5-3-2-4-6-9/h2-6,12H,7-8H2,1H3. The Kier molecular flexibility index (Phi) is 4.00. The van der Waals surface area contributed by atoms with E-state index in [0.29, 0.717) is 15.6 Å². The van der Waals surface area contributed by atoms with Crippen molar-refractivity contribution in [2.45, 2.75) is 5.03 Å². The molecule has 0 amide bonds. The summed E-state index contributed by atoms with van der Waals surface area (Å²) in [5.41, 5.74) is 1.29. The summed E-state index contributed by atoms with van der Waals surface area (Å²) >= 11 is 1.50. The van der Waals surface area contributed by atoms with Gasteiger partial charge < -0.3 is 10.5 Å². The Morgan fingerprint density at radius 3 is 2.88 bits per heavy atom. The quantitative estimate of drug-likeness (QED) is 0.493. The van der Waals surface area contributed by atoms with Crippen molar-refractivity contribution >= 4 is 11.8 Å². The first-order valence-corrected chi connectivity index (χ1v) is 6.24. The summed E-state index contributed by atoms with van der Waals surface area (Å²) in [5.74, 6) is 0.836. The third-order valence-electron chi connectivity index (χ3n) is 2.22. The zero-order chi connectivity index (χ0) is 12.1. The van der Waals surface area contributed by atoms with Crippen LogP contribution in [-0.2, 0) is 0 Å². The van der Waals surface area contributed by atoms with Gasteiger partial charge in [-0.3, -0.25) is 4.63 Å². The smallest absolute Gasteiger partial charge is 0.282 e. The SMILES string of the molecule is CNCCSc1no[n+]([O-])c1-c1ccccc1. The van der Waals surface area contributed by atoms with E-state index in [1.54, 1.807) is 0 Å². The molecule has 2 rings (SSSR count). The fourth-order valence-corrected chi connectivity index (χ4v) is 2.32. The minimum atomic E-state index is 0.455. The molecule has 0 spiro atoms. The maximum Gasteiger partial charge on any atom is 0.282 e. The van der Waals surface area contributed by atoms with Gasteiger partial charge in [-0.05, 0) is 12.0 Å². The molecule has 5 nitrogen and oxygen atoms in total.